The molecule has 0 unspecified atom stereocenters. The molecule has 1 heterocycles. The van der Waals surface area contributed by atoms with Crippen LogP contribution in [0.4, 0.5) is 0 Å². The van der Waals surface area contributed by atoms with Crippen molar-refractivity contribution in [1.82, 2.24) is 0 Å². The van der Waals surface area contributed by atoms with Crippen molar-refractivity contribution in [3.05, 3.63) is 0 Å². The minimum absolute atomic E-state index is 0.228. The molecule has 1 rings (SSSR count). The molecule has 0 amide bonds. The van der Waals surface area contributed by atoms with Gasteiger partial charge in [-0.3, -0.25) is 0 Å². The molecule has 1 saturated heterocycles. The van der Waals surface area contributed by atoms with Crippen molar-refractivity contribution in [2.45, 2.75) is 26.4 Å². The van der Waals surface area contributed by atoms with Gasteiger partial charge < -0.3 is 9.84 Å². The molecule has 0 spiro atoms. The van der Waals surface area contributed by atoms with Gasteiger partial charge in [-0.2, -0.15) is 0 Å². The fraction of sp³-hybridized carbons (Fsp3) is 1.00. The van der Waals surface area contributed by atoms with Crippen molar-refractivity contribution >= 4 is 0 Å². The maximum atomic E-state index is 9.41. The summed E-state index contributed by atoms with van der Waals surface area (Å²) >= 11 is 0. The van der Waals surface area contributed by atoms with Crippen LogP contribution in [0.25, 0.3) is 0 Å². The van der Waals surface area contributed by atoms with Crippen LogP contribution < -0.4 is 0 Å². The minimum Gasteiger partial charge on any atom is -0.390 e. The Morgan fingerprint density at radius 2 is 2.20 bits per heavy atom. The van der Waals surface area contributed by atoms with Gasteiger partial charge in [0.15, 0.2) is 0 Å². The molecule has 1 N–H and O–H groups in total. The SMILES string of the molecule is CC(C)[C@@H]1CCOC[C@H]1O. The second-order valence-electron chi connectivity index (χ2n) is 3.34. The quantitative estimate of drug-likeness (QED) is 0.596. The monoisotopic (exact) mass is 144 g/mol. The zero-order valence-electron chi connectivity index (χ0n) is 6.71. The first kappa shape index (κ1) is 8.02. The first-order valence-electron chi connectivity index (χ1n) is 3.97. The van der Waals surface area contributed by atoms with Crippen LogP contribution in [0.5, 0.6) is 0 Å². The summed E-state index contributed by atoms with van der Waals surface area (Å²) in [6, 6.07) is 0. The lowest BCUT2D eigenvalue weighted by atomic mass is 9.87. The standard InChI is InChI=1S/C8H16O2/c1-6(2)7-3-4-10-5-8(7)9/h6-9H,3-5H2,1-2H3/t7-,8+/m0/s1. The summed E-state index contributed by atoms with van der Waals surface area (Å²) in [6.07, 6.45) is 0.785. The molecule has 10 heavy (non-hydrogen) atoms. The van der Waals surface area contributed by atoms with Gasteiger partial charge in [0.2, 0.25) is 0 Å². The molecule has 2 heteroatoms. The summed E-state index contributed by atoms with van der Waals surface area (Å²) < 4.78 is 5.11. The molecule has 2 nitrogen and oxygen atoms in total. The Hall–Kier alpha value is -0.0800. The van der Waals surface area contributed by atoms with Crippen molar-refractivity contribution in [2.24, 2.45) is 11.8 Å². The molecule has 0 saturated carbocycles. The van der Waals surface area contributed by atoms with Crippen molar-refractivity contribution in [3.8, 4) is 0 Å². The molecule has 0 bridgehead atoms. The van der Waals surface area contributed by atoms with Crippen molar-refractivity contribution in [1.29, 1.82) is 0 Å². The van der Waals surface area contributed by atoms with E-state index in [0.717, 1.165) is 13.0 Å². The van der Waals surface area contributed by atoms with Gasteiger partial charge in [0.05, 0.1) is 12.7 Å². The van der Waals surface area contributed by atoms with Crippen LogP contribution in [0.1, 0.15) is 20.3 Å². The average molecular weight is 144 g/mol. The van der Waals surface area contributed by atoms with Gasteiger partial charge >= 0.3 is 0 Å². The van der Waals surface area contributed by atoms with E-state index >= 15 is 0 Å². The molecule has 60 valence electrons. The zero-order valence-corrected chi connectivity index (χ0v) is 6.71. The van der Waals surface area contributed by atoms with Crippen LogP contribution >= 0.6 is 0 Å². The molecule has 0 aromatic heterocycles. The summed E-state index contributed by atoms with van der Waals surface area (Å²) in [5, 5.41) is 9.41. The summed E-state index contributed by atoms with van der Waals surface area (Å²) in [7, 11) is 0. The number of aliphatic hydroxyl groups excluding tert-OH is 1. The Morgan fingerprint density at radius 1 is 1.50 bits per heavy atom. The molecule has 1 aliphatic heterocycles. The van der Waals surface area contributed by atoms with E-state index in [0.29, 0.717) is 18.4 Å². The fourth-order valence-electron chi connectivity index (χ4n) is 1.52. The Balaban J connectivity index is 2.40. The third-order valence-corrected chi connectivity index (χ3v) is 2.23. The zero-order chi connectivity index (χ0) is 7.56. The predicted molar refractivity (Wildman–Crippen MR) is 39.8 cm³/mol. The highest BCUT2D eigenvalue weighted by molar-refractivity contribution is 4.74. The molecule has 0 radical (unpaired) electrons. The normalized spacial score (nSPS) is 34.8. The number of hydrogen-bond acceptors (Lipinski definition) is 2. The van der Waals surface area contributed by atoms with Crippen LogP contribution in [-0.2, 0) is 4.74 Å². The Morgan fingerprint density at radius 3 is 2.60 bits per heavy atom. The van der Waals surface area contributed by atoms with Gasteiger partial charge in [-0.1, -0.05) is 13.8 Å². The molecular formula is C8H16O2. The van der Waals surface area contributed by atoms with Crippen LogP contribution in [0.3, 0.4) is 0 Å². The van der Waals surface area contributed by atoms with E-state index in [4.69, 9.17) is 4.74 Å². The largest absolute Gasteiger partial charge is 0.390 e. The average Bonchev–Trinajstić information content (AvgIpc) is 1.88. The highest BCUT2D eigenvalue weighted by Crippen LogP contribution is 2.23. The maximum absolute atomic E-state index is 9.41. The Bertz CT molecular complexity index is 101. The Kier molecular flexibility index (Phi) is 2.69. The van der Waals surface area contributed by atoms with E-state index in [-0.39, 0.29) is 6.10 Å². The Labute approximate surface area is 62.2 Å². The number of ether oxygens (including phenoxy) is 1. The summed E-state index contributed by atoms with van der Waals surface area (Å²) in [5.74, 6) is 1.03. The highest BCUT2D eigenvalue weighted by atomic mass is 16.5. The van der Waals surface area contributed by atoms with Gasteiger partial charge in [-0.25, -0.2) is 0 Å². The molecule has 1 fully saturated rings. The van der Waals surface area contributed by atoms with Gasteiger partial charge in [0.25, 0.3) is 0 Å². The van der Waals surface area contributed by atoms with E-state index in [1.54, 1.807) is 0 Å². The smallest absolute Gasteiger partial charge is 0.0805 e. The second kappa shape index (κ2) is 3.35. The first-order valence-corrected chi connectivity index (χ1v) is 3.97. The topological polar surface area (TPSA) is 29.5 Å². The van der Waals surface area contributed by atoms with Crippen molar-refractivity contribution in [3.63, 3.8) is 0 Å². The summed E-state index contributed by atoms with van der Waals surface area (Å²) in [5.41, 5.74) is 0. The van der Waals surface area contributed by atoms with Gasteiger partial charge in [-0.15, -0.1) is 0 Å². The molecule has 2 atom stereocenters. The van der Waals surface area contributed by atoms with Crippen LogP contribution in [-0.4, -0.2) is 24.4 Å². The predicted octanol–water partition coefficient (Wildman–Crippen LogP) is 1.04. The van der Waals surface area contributed by atoms with E-state index in [1.165, 1.54) is 0 Å². The summed E-state index contributed by atoms with van der Waals surface area (Å²) in [6.45, 7) is 5.65. The molecule has 1 aliphatic rings. The van der Waals surface area contributed by atoms with Crippen molar-refractivity contribution in [2.75, 3.05) is 13.2 Å². The first-order chi connectivity index (χ1) is 4.72. The van der Waals surface area contributed by atoms with Gasteiger partial charge in [-0.05, 0) is 18.3 Å². The van der Waals surface area contributed by atoms with Crippen LogP contribution in [0.2, 0.25) is 0 Å². The lowest BCUT2D eigenvalue weighted by Crippen LogP contribution is -2.35. The van der Waals surface area contributed by atoms with Crippen molar-refractivity contribution < 1.29 is 9.84 Å². The molecule has 0 aliphatic carbocycles. The number of aliphatic hydroxyl groups is 1. The third kappa shape index (κ3) is 1.70. The van der Waals surface area contributed by atoms with E-state index < -0.39 is 0 Å². The highest BCUT2D eigenvalue weighted by Gasteiger charge is 2.25. The molecule has 0 aromatic carbocycles. The third-order valence-electron chi connectivity index (χ3n) is 2.23. The number of hydrogen-bond donors (Lipinski definition) is 1. The molecule has 0 aromatic rings. The summed E-state index contributed by atoms with van der Waals surface area (Å²) in [4.78, 5) is 0. The van der Waals surface area contributed by atoms with E-state index in [9.17, 15) is 5.11 Å². The maximum Gasteiger partial charge on any atom is 0.0805 e. The fourth-order valence-corrected chi connectivity index (χ4v) is 1.52. The van der Waals surface area contributed by atoms with Gasteiger partial charge in [0.1, 0.15) is 0 Å². The van der Waals surface area contributed by atoms with E-state index in [1.807, 2.05) is 0 Å². The lowest BCUT2D eigenvalue weighted by molar-refractivity contribution is -0.0572. The second-order valence-corrected chi connectivity index (χ2v) is 3.34. The number of rotatable bonds is 1. The van der Waals surface area contributed by atoms with Gasteiger partial charge in [0, 0.05) is 6.61 Å². The van der Waals surface area contributed by atoms with E-state index in [2.05, 4.69) is 13.8 Å². The lowest BCUT2D eigenvalue weighted by Gasteiger charge is -2.30. The van der Waals surface area contributed by atoms with Crippen LogP contribution in [0, 0.1) is 11.8 Å². The minimum atomic E-state index is -0.228. The van der Waals surface area contributed by atoms with Crippen LogP contribution in [0.15, 0.2) is 0 Å². The molecular weight excluding hydrogens is 128 g/mol.